The van der Waals surface area contributed by atoms with Crippen molar-refractivity contribution in [2.24, 2.45) is 5.92 Å². The van der Waals surface area contributed by atoms with Gasteiger partial charge < -0.3 is 9.64 Å². The molecule has 1 aromatic carbocycles. The van der Waals surface area contributed by atoms with E-state index in [1.54, 1.807) is 18.5 Å². The first-order valence-electron chi connectivity index (χ1n) is 10.5. The zero-order valence-electron chi connectivity index (χ0n) is 17.2. The molecule has 5 rings (SSSR count). The Morgan fingerprint density at radius 3 is 2.77 bits per heavy atom. The second-order valence-corrected chi connectivity index (χ2v) is 8.25. The summed E-state index contributed by atoms with van der Waals surface area (Å²) >= 11 is 0. The maximum atomic E-state index is 13.7. The minimum absolute atomic E-state index is 0.0288. The molecule has 4 heterocycles. The quantitative estimate of drug-likeness (QED) is 0.625. The van der Waals surface area contributed by atoms with Gasteiger partial charge in [0, 0.05) is 42.0 Å². The fourth-order valence-electron chi connectivity index (χ4n) is 4.86. The van der Waals surface area contributed by atoms with Crippen molar-refractivity contribution in [3.05, 3.63) is 71.9 Å². The average molecular weight is 418 g/mol. The summed E-state index contributed by atoms with van der Waals surface area (Å²) in [7, 11) is 0. The fourth-order valence-corrected chi connectivity index (χ4v) is 4.86. The van der Waals surface area contributed by atoms with Crippen molar-refractivity contribution in [1.82, 2.24) is 19.9 Å². The van der Waals surface area contributed by atoms with Crippen molar-refractivity contribution in [1.29, 1.82) is 0 Å². The fraction of sp³-hybridized carbons (Fsp3) is 0.333. The van der Waals surface area contributed by atoms with E-state index in [0.29, 0.717) is 23.9 Å². The number of amides is 1. The van der Waals surface area contributed by atoms with Gasteiger partial charge in [-0.05, 0) is 44.4 Å². The number of hydrogen-bond donors (Lipinski definition) is 0. The van der Waals surface area contributed by atoms with Crippen LogP contribution >= 0.6 is 0 Å². The van der Waals surface area contributed by atoms with Gasteiger partial charge in [0.15, 0.2) is 5.82 Å². The highest BCUT2D eigenvalue weighted by Gasteiger charge is 2.49. The lowest BCUT2D eigenvalue weighted by Gasteiger charge is -2.25. The molecule has 2 fully saturated rings. The van der Waals surface area contributed by atoms with Crippen molar-refractivity contribution < 1.29 is 13.9 Å². The van der Waals surface area contributed by atoms with Gasteiger partial charge in [0.25, 0.3) is 5.91 Å². The Labute approximate surface area is 180 Å². The van der Waals surface area contributed by atoms with Gasteiger partial charge in [0.2, 0.25) is 5.88 Å². The van der Waals surface area contributed by atoms with Crippen LogP contribution in [0.15, 0.2) is 55.0 Å². The van der Waals surface area contributed by atoms with Crippen LogP contribution in [0.4, 0.5) is 4.39 Å². The van der Waals surface area contributed by atoms with Crippen LogP contribution < -0.4 is 4.74 Å². The van der Waals surface area contributed by atoms with E-state index in [9.17, 15) is 9.18 Å². The first-order chi connectivity index (χ1) is 15.1. The maximum Gasteiger partial charge on any atom is 0.255 e. The van der Waals surface area contributed by atoms with Crippen molar-refractivity contribution in [2.45, 2.75) is 38.3 Å². The van der Waals surface area contributed by atoms with Gasteiger partial charge in [-0.3, -0.25) is 4.79 Å². The molecule has 0 aliphatic carbocycles. The largest absolute Gasteiger partial charge is 0.477 e. The van der Waals surface area contributed by atoms with Gasteiger partial charge in [-0.2, -0.15) is 0 Å². The van der Waals surface area contributed by atoms with Crippen LogP contribution in [0.3, 0.4) is 0 Å². The minimum atomic E-state index is -0.389. The van der Waals surface area contributed by atoms with Gasteiger partial charge in [-0.25, -0.2) is 19.3 Å². The van der Waals surface area contributed by atoms with E-state index >= 15 is 0 Å². The lowest BCUT2D eigenvalue weighted by Crippen LogP contribution is -2.37. The molecule has 158 valence electrons. The second-order valence-electron chi connectivity index (χ2n) is 8.25. The molecule has 0 N–H and O–H groups in total. The number of halogens is 1. The topological polar surface area (TPSA) is 68.2 Å². The van der Waals surface area contributed by atoms with Crippen LogP contribution in [0.25, 0.3) is 11.4 Å². The van der Waals surface area contributed by atoms with Gasteiger partial charge in [-0.15, -0.1) is 0 Å². The highest BCUT2D eigenvalue weighted by molar-refractivity contribution is 6.01. The van der Waals surface area contributed by atoms with E-state index < -0.39 is 0 Å². The number of ether oxygens (including phenoxy) is 1. The van der Waals surface area contributed by atoms with Gasteiger partial charge in [0.1, 0.15) is 5.82 Å². The van der Waals surface area contributed by atoms with Crippen LogP contribution in [0.2, 0.25) is 0 Å². The Balaban J connectivity index is 1.37. The van der Waals surface area contributed by atoms with E-state index in [1.165, 1.54) is 12.1 Å². The van der Waals surface area contributed by atoms with Crippen molar-refractivity contribution in [3.63, 3.8) is 0 Å². The molecule has 1 amide bonds. The lowest BCUT2D eigenvalue weighted by atomic mass is 9.90. The molecular weight excluding hydrogens is 395 g/mol. The number of benzene rings is 1. The molecule has 3 aromatic rings. The Morgan fingerprint density at radius 2 is 2.00 bits per heavy atom. The molecule has 2 aromatic heterocycles. The number of carbonyl (C=O) groups excluding carboxylic acids is 1. The molecule has 2 saturated heterocycles. The highest BCUT2D eigenvalue weighted by Crippen LogP contribution is 2.43. The number of aryl methyl sites for hydroxylation is 1. The first kappa shape index (κ1) is 19.6. The SMILES string of the molecule is Cc1ccc(-c2ncccn2)c(C(=O)N2C3CCC2C(COc2ccc(F)cn2)C3)c1. The number of pyridine rings is 1. The number of aromatic nitrogens is 3. The maximum absolute atomic E-state index is 13.7. The monoisotopic (exact) mass is 418 g/mol. The van der Waals surface area contributed by atoms with Gasteiger partial charge >= 0.3 is 0 Å². The molecule has 2 aliphatic rings. The molecule has 3 unspecified atom stereocenters. The number of carbonyl (C=O) groups is 1. The molecule has 0 saturated carbocycles. The zero-order valence-corrected chi connectivity index (χ0v) is 17.2. The highest BCUT2D eigenvalue weighted by atomic mass is 19.1. The third kappa shape index (κ3) is 3.76. The van der Waals surface area contributed by atoms with Crippen LogP contribution in [0.1, 0.15) is 35.2 Å². The van der Waals surface area contributed by atoms with Crippen LogP contribution in [-0.4, -0.2) is 44.4 Å². The Hall–Kier alpha value is -3.35. The molecule has 2 bridgehead atoms. The smallest absolute Gasteiger partial charge is 0.255 e. The van der Waals surface area contributed by atoms with Crippen molar-refractivity contribution in [3.8, 4) is 17.3 Å². The van der Waals surface area contributed by atoms with E-state index in [0.717, 1.165) is 36.6 Å². The number of nitrogens with zero attached hydrogens (tertiary/aromatic N) is 4. The molecule has 0 spiro atoms. The summed E-state index contributed by atoms with van der Waals surface area (Å²) in [4.78, 5) is 28.4. The Bertz CT molecular complexity index is 1090. The number of rotatable bonds is 5. The zero-order chi connectivity index (χ0) is 21.4. The van der Waals surface area contributed by atoms with E-state index in [4.69, 9.17) is 4.74 Å². The van der Waals surface area contributed by atoms with Gasteiger partial charge in [-0.1, -0.05) is 17.7 Å². The lowest BCUT2D eigenvalue weighted by molar-refractivity contribution is 0.0710. The van der Waals surface area contributed by atoms with Crippen LogP contribution in [0, 0.1) is 18.7 Å². The third-order valence-corrected chi connectivity index (χ3v) is 6.26. The number of fused-ring (bicyclic) bond motifs is 2. The van der Waals surface area contributed by atoms with E-state index in [1.807, 2.05) is 30.0 Å². The van der Waals surface area contributed by atoms with Gasteiger partial charge in [0.05, 0.1) is 18.4 Å². The minimum Gasteiger partial charge on any atom is -0.477 e. The second kappa shape index (κ2) is 8.06. The van der Waals surface area contributed by atoms with Crippen molar-refractivity contribution in [2.75, 3.05) is 6.61 Å². The molecule has 7 heteroatoms. The summed E-state index contributed by atoms with van der Waals surface area (Å²) in [5.41, 5.74) is 2.42. The summed E-state index contributed by atoms with van der Waals surface area (Å²) in [5.74, 6) is 0.834. The molecule has 2 aliphatic heterocycles. The normalized spacial score (nSPS) is 22.0. The molecule has 0 radical (unpaired) electrons. The van der Waals surface area contributed by atoms with Crippen molar-refractivity contribution >= 4 is 5.91 Å². The summed E-state index contributed by atoms with van der Waals surface area (Å²) < 4.78 is 18.9. The summed E-state index contributed by atoms with van der Waals surface area (Å²) in [6, 6.07) is 10.8. The molecule has 31 heavy (non-hydrogen) atoms. The third-order valence-electron chi connectivity index (χ3n) is 6.26. The average Bonchev–Trinajstić information content (AvgIpc) is 3.37. The summed E-state index contributed by atoms with van der Waals surface area (Å²) in [5, 5.41) is 0. The van der Waals surface area contributed by atoms with E-state index in [-0.39, 0.29) is 29.7 Å². The summed E-state index contributed by atoms with van der Waals surface area (Å²) in [6.07, 6.45) is 7.39. The predicted molar refractivity (Wildman–Crippen MR) is 113 cm³/mol. The van der Waals surface area contributed by atoms with Crippen LogP contribution in [0.5, 0.6) is 5.88 Å². The first-order valence-corrected chi connectivity index (χ1v) is 10.5. The molecule has 3 atom stereocenters. The molecular formula is C24H23FN4O2. The summed E-state index contributed by atoms with van der Waals surface area (Å²) in [6.45, 7) is 2.45. The van der Waals surface area contributed by atoms with Crippen LogP contribution in [-0.2, 0) is 0 Å². The Morgan fingerprint density at radius 1 is 1.16 bits per heavy atom. The predicted octanol–water partition coefficient (Wildman–Crippen LogP) is 4.06. The van der Waals surface area contributed by atoms with E-state index in [2.05, 4.69) is 15.0 Å². The Kier molecular flexibility index (Phi) is 5.10. The molecule has 6 nitrogen and oxygen atoms in total. The standard InChI is InChI=1S/C24H23FN4O2/c1-15-3-6-19(23-26-9-2-10-27-23)20(11-15)24(30)29-18-5-7-21(29)16(12-18)14-31-22-8-4-17(25)13-28-22/h2-4,6,8-11,13,16,18,21H,5,7,12,14H2,1H3. The number of hydrogen-bond acceptors (Lipinski definition) is 5.